The molecule has 0 aliphatic carbocycles. The number of aliphatic carboxylic acids is 1. The second kappa shape index (κ2) is 6.06. The molecule has 21 heavy (non-hydrogen) atoms. The Morgan fingerprint density at radius 3 is 2.86 bits per heavy atom. The molecule has 8 heteroatoms. The van der Waals surface area contributed by atoms with E-state index in [2.05, 4.69) is 9.71 Å². The molecule has 7 nitrogen and oxygen atoms in total. The maximum Gasteiger partial charge on any atom is 0.304 e. The van der Waals surface area contributed by atoms with Crippen LogP contribution in [-0.2, 0) is 15.0 Å². The SMILES string of the molecule is CN(CCC(=O)O)S(=O)(=O)Nc1cccc2ccncc12. The average molecular weight is 309 g/mol. The quantitative estimate of drug-likeness (QED) is 0.838. The van der Waals surface area contributed by atoms with E-state index < -0.39 is 16.2 Å². The zero-order valence-electron chi connectivity index (χ0n) is 11.4. The van der Waals surface area contributed by atoms with Crippen LogP contribution in [0.1, 0.15) is 6.42 Å². The van der Waals surface area contributed by atoms with Crippen molar-refractivity contribution in [2.24, 2.45) is 0 Å². The number of fused-ring (bicyclic) bond motifs is 1. The van der Waals surface area contributed by atoms with Gasteiger partial charge in [0.05, 0.1) is 12.1 Å². The van der Waals surface area contributed by atoms with E-state index in [9.17, 15) is 13.2 Å². The summed E-state index contributed by atoms with van der Waals surface area (Å²) in [4.78, 5) is 14.5. The predicted octanol–water partition coefficient (Wildman–Crippen LogP) is 1.30. The lowest BCUT2D eigenvalue weighted by Crippen LogP contribution is -2.34. The van der Waals surface area contributed by atoms with Gasteiger partial charge in [-0.3, -0.25) is 14.5 Å². The normalized spacial score (nSPS) is 11.7. The summed E-state index contributed by atoms with van der Waals surface area (Å²) < 4.78 is 27.7. The Balaban J connectivity index is 2.24. The molecule has 1 aromatic carbocycles. The molecule has 2 rings (SSSR count). The third kappa shape index (κ3) is 3.67. The number of benzene rings is 1. The Morgan fingerprint density at radius 2 is 2.14 bits per heavy atom. The van der Waals surface area contributed by atoms with Crippen LogP contribution in [0.3, 0.4) is 0 Å². The first kappa shape index (κ1) is 15.2. The molecule has 0 saturated heterocycles. The van der Waals surface area contributed by atoms with Crippen LogP contribution < -0.4 is 4.72 Å². The van der Waals surface area contributed by atoms with Crippen molar-refractivity contribution in [3.8, 4) is 0 Å². The minimum atomic E-state index is -3.81. The molecule has 0 amide bonds. The number of rotatable bonds is 6. The summed E-state index contributed by atoms with van der Waals surface area (Å²) in [5, 5.41) is 10.1. The Morgan fingerprint density at radius 1 is 1.38 bits per heavy atom. The molecule has 0 saturated carbocycles. The van der Waals surface area contributed by atoms with E-state index in [1.807, 2.05) is 6.07 Å². The lowest BCUT2D eigenvalue weighted by molar-refractivity contribution is -0.137. The molecule has 0 radical (unpaired) electrons. The molecule has 0 fully saturated rings. The van der Waals surface area contributed by atoms with Gasteiger partial charge in [-0.05, 0) is 17.5 Å². The van der Waals surface area contributed by atoms with E-state index in [0.717, 1.165) is 9.69 Å². The molecule has 0 unspecified atom stereocenters. The first-order valence-corrected chi connectivity index (χ1v) is 7.63. The number of aromatic nitrogens is 1. The molecule has 0 bridgehead atoms. The fourth-order valence-electron chi connectivity index (χ4n) is 1.79. The molecule has 0 atom stereocenters. The van der Waals surface area contributed by atoms with Crippen LogP contribution in [-0.4, -0.2) is 42.4 Å². The number of hydrogen-bond donors (Lipinski definition) is 2. The number of carboxylic acid groups (broad SMARTS) is 1. The van der Waals surface area contributed by atoms with Gasteiger partial charge < -0.3 is 5.11 Å². The Hall–Kier alpha value is -2.19. The summed E-state index contributed by atoms with van der Waals surface area (Å²) in [6, 6.07) is 6.99. The highest BCUT2D eigenvalue weighted by molar-refractivity contribution is 7.90. The molecule has 2 aromatic rings. The van der Waals surface area contributed by atoms with Crippen molar-refractivity contribution in [2.45, 2.75) is 6.42 Å². The van der Waals surface area contributed by atoms with Gasteiger partial charge in [-0.1, -0.05) is 12.1 Å². The van der Waals surface area contributed by atoms with Crippen molar-refractivity contribution in [1.82, 2.24) is 9.29 Å². The van der Waals surface area contributed by atoms with E-state index in [-0.39, 0.29) is 13.0 Å². The van der Waals surface area contributed by atoms with Gasteiger partial charge in [-0.15, -0.1) is 0 Å². The summed E-state index contributed by atoms with van der Waals surface area (Å²) in [7, 11) is -2.48. The number of pyridine rings is 1. The number of nitrogens with one attached hydrogen (secondary N) is 1. The van der Waals surface area contributed by atoms with Gasteiger partial charge in [-0.2, -0.15) is 12.7 Å². The van der Waals surface area contributed by atoms with Crippen LogP contribution >= 0.6 is 0 Å². The number of carboxylic acids is 1. The molecule has 1 aromatic heterocycles. The van der Waals surface area contributed by atoms with Crippen LogP contribution in [0.4, 0.5) is 5.69 Å². The third-order valence-electron chi connectivity index (χ3n) is 2.97. The minimum Gasteiger partial charge on any atom is -0.481 e. The molecule has 1 heterocycles. The Bertz CT molecular complexity index is 756. The molecular weight excluding hydrogens is 294 g/mol. The molecular formula is C13H15N3O4S. The van der Waals surface area contributed by atoms with Crippen LogP contribution in [0, 0.1) is 0 Å². The zero-order valence-corrected chi connectivity index (χ0v) is 12.2. The highest BCUT2D eigenvalue weighted by Gasteiger charge is 2.19. The first-order chi connectivity index (χ1) is 9.90. The van der Waals surface area contributed by atoms with Crippen molar-refractivity contribution in [3.63, 3.8) is 0 Å². The molecule has 0 aliphatic rings. The smallest absolute Gasteiger partial charge is 0.304 e. The highest BCUT2D eigenvalue weighted by Crippen LogP contribution is 2.23. The predicted molar refractivity (Wildman–Crippen MR) is 79.2 cm³/mol. The highest BCUT2D eigenvalue weighted by atomic mass is 32.2. The molecule has 0 aliphatic heterocycles. The third-order valence-corrected chi connectivity index (χ3v) is 4.45. The number of hydrogen-bond acceptors (Lipinski definition) is 4. The summed E-state index contributed by atoms with van der Waals surface area (Å²) in [5.41, 5.74) is 0.405. The van der Waals surface area contributed by atoms with Gasteiger partial charge in [0.2, 0.25) is 0 Å². The second-order valence-corrected chi connectivity index (χ2v) is 6.25. The van der Waals surface area contributed by atoms with E-state index >= 15 is 0 Å². The zero-order chi connectivity index (χ0) is 15.5. The largest absolute Gasteiger partial charge is 0.481 e. The summed E-state index contributed by atoms with van der Waals surface area (Å²) in [6.45, 7) is -0.103. The van der Waals surface area contributed by atoms with E-state index in [4.69, 9.17) is 5.11 Å². The van der Waals surface area contributed by atoms with Crippen molar-refractivity contribution >= 4 is 32.6 Å². The van der Waals surface area contributed by atoms with Crippen molar-refractivity contribution in [3.05, 3.63) is 36.7 Å². The first-order valence-electron chi connectivity index (χ1n) is 6.19. The van der Waals surface area contributed by atoms with Crippen molar-refractivity contribution in [2.75, 3.05) is 18.3 Å². The lowest BCUT2D eigenvalue weighted by Gasteiger charge is -2.18. The molecule has 0 spiro atoms. The van der Waals surface area contributed by atoms with Gasteiger partial charge in [0.15, 0.2) is 0 Å². The van der Waals surface area contributed by atoms with Gasteiger partial charge in [0.25, 0.3) is 0 Å². The fourth-order valence-corrected chi connectivity index (χ4v) is 2.74. The van der Waals surface area contributed by atoms with Crippen LogP contribution in [0.5, 0.6) is 0 Å². The van der Waals surface area contributed by atoms with Crippen LogP contribution in [0.2, 0.25) is 0 Å². The van der Waals surface area contributed by atoms with Crippen molar-refractivity contribution in [1.29, 1.82) is 0 Å². The summed E-state index contributed by atoms with van der Waals surface area (Å²) in [5.74, 6) is -1.05. The van der Waals surface area contributed by atoms with E-state index in [1.54, 1.807) is 30.6 Å². The van der Waals surface area contributed by atoms with Crippen LogP contribution in [0.25, 0.3) is 10.8 Å². The topological polar surface area (TPSA) is 99.6 Å². The monoisotopic (exact) mass is 309 g/mol. The average Bonchev–Trinajstić information content (AvgIpc) is 2.44. The van der Waals surface area contributed by atoms with E-state index in [1.165, 1.54) is 7.05 Å². The number of nitrogens with zero attached hydrogens (tertiary/aromatic N) is 2. The molecule has 112 valence electrons. The Kier molecular flexibility index (Phi) is 4.39. The summed E-state index contributed by atoms with van der Waals surface area (Å²) >= 11 is 0. The Labute approximate surface area is 122 Å². The van der Waals surface area contributed by atoms with E-state index in [0.29, 0.717) is 11.1 Å². The van der Waals surface area contributed by atoms with Gasteiger partial charge in [0.1, 0.15) is 0 Å². The number of carbonyl (C=O) groups is 1. The lowest BCUT2D eigenvalue weighted by atomic mass is 10.1. The van der Waals surface area contributed by atoms with Gasteiger partial charge >= 0.3 is 16.2 Å². The molecule has 2 N–H and O–H groups in total. The fraction of sp³-hybridized carbons (Fsp3) is 0.231. The van der Waals surface area contributed by atoms with Crippen LogP contribution in [0.15, 0.2) is 36.7 Å². The number of anilines is 1. The minimum absolute atomic E-state index is 0.103. The van der Waals surface area contributed by atoms with Gasteiger partial charge in [-0.25, -0.2) is 0 Å². The maximum absolute atomic E-state index is 12.2. The summed E-state index contributed by atoms with van der Waals surface area (Å²) in [6.07, 6.45) is 2.94. The standard InChI is InChI=1S/C13H15N3O4S/c1-16(8-6-13(17)18)21(19,20)15-12-4-2-3-10-5-7-14-9-11(10)12/h2-5,7,9,15H,6,8H2,1H3,(H,17,18). The maximum atomic E-state index is 12.2. The van der Waals surface area contributed by atoms with Crippen molar-refractivity contribution < 1.29 is 18.3 Å². The second-order valence-electron chi connectivity index (χ2n) is 4.47. The van der Waals surface area contributed by atoms with Gasteiger partial charge in [0, 0.05) is 31.4 Å².